The molecule has 1 saturated heterocycles. The van der Waals surface area contributed by atoms with Gasteiger partial charge in [-0.2, -0.15) is 0 Å². The largest absolute Gasteiger partial charge is 0.423 e. The van der Waals surface area contributed by atoms with Crippen LogP contribution in [0.25, 0.3) is 11.0 Å². The van der Waals surface area contributed by atoms with Gasteiger partial charge in [-0.1, -0.05) is 12.1 Å². The van der Waals surface area contributed by atoms with Crippen LogP contribution in [0.3, 0.4) is 0 Å². The van der Waals surface area contributed by atoms with Gasteiger partial charge >= 0.3 is 5.63 Å². The monoisotopic (exact) mass is 272 g/mol. The maximum Gasteiger partial charge on any atom is 0.336 e. The molecule has 1 aromatic carbocycles. The van der Waals surface area contributed by atoms with E-state index < -0.39 is 0 Å². The van der Waals surface area contributed by atoms with E-state index in [1.165, 1.54) is 38.8 Å². The molecule has 0 saturated carbocycles. The standard InChI is InChI=1S/C17H21NO2/c1-13-6-7-15-14(11-17(19)20-16(15)10-13)12-18-8-4-2-3-5-9-18/h6-7,10-11H,2-5,8-9,12H2,1H3/p+1. The van der Waals surface area contributed by atoms with Crippen molar-refractivity contribution in [1.82, 2.24) is 0 Å². The van der Waals surface area contributed by atoms with Gasteiger partial charge in [0.2, 0.25) is 0 Å². The van der Waals surface area contributed by atoms with E-state index in [-0.39, 0.29) is 5.63 Å². The molecule has 0 amide bonds. The zero-order valence-electron chi connectivity index (χ0n) is 12.1. The first kappa shape index (κ1) is 13.4. The van der Waals surface area contributed by atoms with Crippen molar-refractivity contribution in [1.29, 1.82) is 0 Å². The van der Waals surface area contributed by atoms with Crippen LogP contribution >= 0.6 is 0 Å². The van der Waals surface area contributed by atoms with Gasteiger partial charge in [-0.15, -0.1) is 0 Å². The van der Waals surface area contributed by atoms with Gasteiger partial charge in [0.1, 0.15) is 12.1 Å². The van der Waals surface area contributed by atoms with Crippen LogP contribution in [0.5, 0.6) is 0 Å². The number of hydrogen-bond acceptors (Lipinski definition) is 2. The number of aryl methyl sites for hydroxylation is 1. The number of likely N-dealkylation sites (tertiary alicyclic amines) is 1. The smallest absolute Gasteiger partial charge is 0.336 e. The molecule has 106 valence electrons. The summed E-state index contributed by atoms with van der Waals surface area (Å²) in [7, 11) is 0. The fourth-order valence-corrected chi connectivity index (χ4v) is 3.16. The van der Waals surface area contributed by atoms with Crippen molar-refractivity contribution >= 4 is 11.0 Å². The molecule has 1 fully saturated rings. The molecule has 0 atom stereocenters. The molecule has 1 aliphatic heterocycles. The highest BCUT2D eigenvalue weighted by atomic mass is 16.4. The SMILES string of the molecule is Cc1ccc2c(C[NH+]3CCCCCC3)cc(=O)oc2c1. The van der Waals surface area contributed by atoms with Crippen LogP contribution in [0, 0.1) is 6.92 Å². The lowest BCUT2D eigenvalue weighted by molar-refractivity contribution is -0.913. The van der Waals surface area contributed by atoms with Gasteiger partial charge in [-0.25, -0.2) is 4.79 Å². The molecule has 0 spiro atoms. The van der Waals surface area contributed by atoms with E-state index in [1.807, 2.05) is 13.0 Å². The number of fused-ring (bicyclic) bond motifs is 1. The Hall–Kier alpha value is -1.61. The number of nitrogens with one attached hydrogen (secondary N) is 1. The zero-order valence-corrected chi connectivity index (χ0v) is 12.1. The van der Waals surface area contributed by atoms with Crippen LogP contribution < -0.4 is 10.5 Å². The molecule has 3 rings (SSSR count). The van der Waals surface area contributed by atoms with Gasteiger partial charge in [-0.3, -0.25) is 0 Å². The summed E-state index contributed by atoms with van der Waals surface area (Å²) in [5, 5.41) is 1.09. The Balaban J connectivity index is 1.95. The van der Waals surface area contributed by atoms with Crippen LogP contribution in [0.1, 0.15) is 36.8 Å². The van der Waals surface area contributed by atoms with E-state index in [2.05, 4.69) is 12.1 Å². The number of rotatable bonds is 2. The van der Waals surface area contributed by atoms with Gasteiger partial charge in [0.15, 0.2) is 0 Å². The van der Waals surface area contributed by atoms with Crippen LogP contribution in [-0.4, -0.2) is 13.1 Å². The molecule has 3 nitrogen and oxygen atoms in total. The molecule has 2 aromatic rings. The summed E-state index contributed by atoms with van der Waals surface area (Å²) in [6, 6.07) is 7.80. The summed E-state index contributed by atoms with van der Waals surface area (Å²) in [4.78, 5) is 13.3. The second-order valence-electron chi connectivity index (χ2n) is 5.93. The van der Waals surface area contributed by atoms with Gasteiger partial charge < -0.3 is 9.32 Å². The van der Waals surface area contributed by atoms with Crippen molar-refractivity contribution in [2.45, 2.75) is 39.2 Å². The quantitative estimate of drug-likeness (QED) is 0.849. The average molecular weight is 272 g/mol. The molecule has 1 aliphatic rings. The summed E-state index contributed by atoms with van der Waals surface area (Å²) >= 11 is 0. The van der Waals surface area contributed by atoms with E-state index in [1.54, 1.807) is 11.0 Å². The van der Waals surface area contributed by atoms with Crippen LogP contribution in [-0.2, 0) is 6.54 Å². The predicted octanol–water partition coefficient (Wildman–Crippen LogP) is 2.06. The van der Waals surface area contributed by atoms with E-state index in [9.17, 15) is 4.79 Å². The van der Waals surface area contributed by atoms with Crippen molar-refractivity contribution in [3.63, 3.8) is 0 Å². The topological polar surface area (TPSA) is 34.7 Å². The Morgan fingerprint density at radius 1 is 1.10 bits per heavy atom. The Bertz CT molecular complexity index is 652. The Kier molecular flexibility index (Phi) is 3.88. The van der Waals surface area contributed by atoms with Crippen molar-refractivity contribution in [3.05, 3.63) is 45.8 Å². The third kappa shape index (κ3) is 2.93. The molecule has 0 radical (unpaired) electrons. The third-order valence-corrected chi connectivity index (χ3v) is 4.24. The maximum absolute atomic E-state index is 11.7. The van der Waals surface area contributed by atoms with Crippen LogP contribution in [0.15, 0.2) is 33.5 Å². The molecule has 0 unspecified atom stereocenters. The molecule has 1 N–H and O–H groups in total. The van der Waals surface area contributed by atoms with Gasteiger partial charge in [0, 0.05) is 17.0 Å². The second kappa shape index (κ2) is 5.80. The highest BCUT2D eigenvalue weighted by molar-refractivity contribution is 5.80. The highest BCUT2D eigenvalue weighted by Gasteiger charge is 2.15. The molecule has 0 aliphatic carbocycles. The maximum atomic E-state index is 11.7. The predicted molar refractivity (Wildman–Crippen MR) is 80.1 cm³/mol. The van der Waals surface area contributed by atoms with E-state index in [0.29, 0.717) is 0 Å². The number of benzene rings is 1. The first-order valence-electron chi connectivity index (χ1n) is 7.59. The second-order valence-corrected chi connectivity index (χ2v) is 5.93. The highest BCUT2D eigenvalue weighted by Crippen LogP contribution is 2.18. The van der Waals surface area contributed by atoms with Crippen molar-refractivity contribution in [2.24, 2.45) is 0 Å². The molecule has 0 bridgehead atoms. The summed E-state index contributed by atoms with van der Waals surface area (Å²) in [5.74, 6) is 0. The first-order chi connectivity index (χ1) is 9.72. The molecule has 20 heavy (non-hydrogen) atoms. The molecule has 3 heteroatoms. The summed E-state index contributed by atoms with van der Waals surface area (Å²) in [5.41, 5.74) is 2.75. The zero-order chi connectivity index (χ0) is 13.9. The summed E-state index contributed by atoms with van der Waals surface area (Å²) in [6.45, 7) is 5.39. The Morgan fingerprint density at radius 3 is 2.60 bits per heavy atom. The minimum Gasteiger partial charge on any atom is -0.423 e. The third-order valence-electron chi connectivity index (χ3n) is 4.24. The normalized spacial score (nSPS) is 17.2. The molecular weight excluding hydrogens is 250 g/mol. The molecule has 2 heterocycles. The van der Waals surface area contributed by atoms with Crippen molar-refractivity contribution in [2.75, 3.05) is 13.1 Å². The number of hydrogen-bond donors (Lipinski definition) is 1. The van der Waals surface area contributed by atoms with Gasteiger partial charge in [0.25, 0.3) is 0 Å². The van der Waals surface area contributed by atoms with Crippen LogP contribution in [0.2, 0.25) is 0 Å². The lowest BCUT2D eigenvalue weighted by atomic mass is 10.1. The summed E-state index contributed by atoms with van der Waals surface area (Å²) in [6.07, 6.45) is 5.29. The van der Waals surface area contributed by atoms with E-state index in [4.69, 9.17) is 4.42 Å². The average Bonchev–Trinajstić information content (AvgIpc) is 2.66. The summed E-state index contributed by atoms with van der Waals surface area (Å²) < 4.78 is 5.33. The lowest BCUT2D eigenvalue weighted by Crippen LogP contribution is -3.10. The Labute approximate surface area is 119 Å². The molecular formula is C17H22NO2+. The first-order valence-corrected chi connectivity index (χ1v) is 7.59. The van der Waals surface area contributed by atoms with Gasteiger partial charge in [0.05, 0.1) is 13.1 Å². The minimum absolute atomic E-state index is 0.229. The lowest BCUT2D eigenvalue weighted by Gasteiger charge is -2.17. The number of quaternary nitrogens is 1. The fourth-order valence-electron chi connectivity index (χ4n) is 3.16. The Morgan fingerprint density at radius 2 is 1.85 bits per heavy atom. The van der Waals surface area contributed by atoms with E-state index in [0.717, 1.165) is 28.6 Å². The fraction of sp³-hybridized carbons (Fsp3) is 0.471. The van der Waals surface area contributed by atoms with Crippen molar-refractivity contribution < 1.29 is 9.32 Å². The van der Waals surface area contributed by atoms with Crippen LogP contribution in [0.4, 0.5) is 0 Å². The van der Waals surface area contributed by atoms with Crippen molar-refractivity contribution in [3.8, 4) is 0 Å². The minimum atomic E-state index is -0.229. The van der Waals surface area contributed by atoms with E-state index >= 15 is 0 Å². The van der Waals surface area contributed by atoms with Gasteiger partial charge in [-0.05, 0) is 44.2 Å². The molecule has 1 aromatic heterocycles.